The fraction of sp³-hybridized carbons (Fsp3) is 0.357. The summed E-state index contributed by atoms with van der Waals surface area (Å²) >= 11 is 0. The van der Waals surface area contributed by atoms with Gasteiger partial charge in [0.1, 0.15) is 23.5 Å². The predicted molar refractivity (Wildman–Crippen MR) is 145 cm³/mol. The highest BCUT2D eigenvalue weighted by atomic mass is 16.3. The van der Waals surface area contributed by atoms with Gasteiger partial charge in [-0.25, -0.2) is 19.9 Å². The molecule has 2 aliphatic rings. The van der Waals surface area contributed by atoms with Gasteiger partial charge in [-0.05, 0) is 68.5 Å². The third kappa shape index (κ3) is 4.74. The van der Waals surface area contributed by atoms with E-state index >= 15 is 0 Å². The van der Waals surface area contributed by atoms with Crippen molar-refractivity contribution in [1.82, 2.24) is 30.2 Å². The highest BCUT2D eigenvalue weighted by Crippen LogP contribution is 2.41. The summed E-state index contributed by atoms with van der Waals surface area (Å²) in [4.78, 5) is 23.3. The Balaban J connectivity index is 1.39. The first-order chi connectivity index (χ1) is 18.6. The van der Waals surface area contributed by atoms with Crippen molar-refractivity contribution in [2.75, 3.05) is 23.7 Å². The molecule has 192 valence electrons. The first kappa shape index (κ1) is 24.2. The Morgan fingerprint density at radius 3 is 2.74 bits per heavy atom. The monoisotopic (exact) mass is 507 g/mol. The molecule has 0 spiro atoms. The maximum absolute atomic E-state index is 10.6. The zero-order valence-electron chi connectivity index (χ0n) is 21.1. The summed E-state index contributed by atoms with van der Waals surface area (Å²) in [6.07, 6.45) is 9.22. The molecule has 1 saturated heterocycles. The SMILES string of the molecule is Cc1nc(Nc2cc(-c3nc(NC4CCNCC4O)c4c(C5CCC5)cncc4n3)ccn2)ccc1C#N. The molecule has 2 fully saturated rings. The minimum Gasteiger partial charge on any atom is -0.390 e. The molecule has 2 unspecified atom stereocenters. The van der Waals surface area contributed by atoms with Crippen molar-refractivity contribution in [3.63, 3.8) is 0 Å². The van der Waals surface area contributed by atoms with Crippen LogP contribution in [0.25, 0.3) is 22.3 Å². The van der Waals surface area contributed by atoms with E-state index < -0.39 is 6.10 Å². The zero-order chi connectivity index (χ0) is 26.1. The van der Waals surface area contributed by atoms with Gasteiger partial charge < -0.3 is 21.1 Å². The highest BCUT2D eigenvalue weighted by molar-refractivity contribution is 5.93. The van der Waals surface area contributed by atoms with Gasteiger partial charge in [-0.15, -0.1) is 0 Å². The van der Waals surface area contributed by atoms with Gasteiger partial charge in [0, 0.05) is 29.9 Å². The van der Waals surface area contributed by atoms with E-state index in [9.17, 15) is 10.4 Å². The molecule has 1 aliphatic carbocycles. The second-order valence-corrected chi connectivity index (χ2v) is 9.95. The Morgan fingerprint density at radius 1 is 1.08 bits per heavy atom. The molecule has 2 atom stereocenters. The normalized spacial score (nSPS) is 19.5. The summed E-state index contributed by atoms with van der Waals surface area (Å²) < 4.78 is 0. The van der Waals surface area contributed by atoms with Crippen LogP contribution in [0.2, 0.25) is 0 Å². The molecule has 6 rings (SSSR count). The van der Waals surface area contributed by atoms with Gasteiger partial charge in [-0.3, -0.25) is 4.98 Å². The lowest BCUT2D eigenvalue weighted by molar-refractivity contribution is 0.128. The van der Waals surface area contributed by atoms with Crippen LogP contribution in [0, 0.1) is 18.3 Å². The van der Waals surface area contributed by atoms with Crippen LogP contribution in [0.3, 0.4) is 0 Å². The minimum absolute atomic E-state index is 0.107. The highest BCUT2D eigenvalue weighted by Gasteiger charge is 2.28. The van der Waals surface area contributed by atoms with Crippen LogP contribution < -0.4 is 16.0 Å². The second-order valence-electron chi connectivity index (χ2n) is 9.95. The summed E-state index contributed by atoms with van der Waals surface area (Å²) in [5.41, 5.74) is 3.93. The summed E-state index contributed by atoms with van der Waals surface area (Å²) in [6.45, 7) is 3.19. The van der Waals surface area contributed by atoms with Gasteiger partial charge >= 0.3 is 0 Å². The average molecular weight is 508 g/mol. The van der Waals surface area contributed by atoms with E-state index in [-0.39, 0.29) is 6.04 Å². The molecule has 4 aromatic heterocycles. The van der Waals surface area contributed by atoms with E-state index in [4.69, 9.17) is 9.97 Å². The molecular formula is C28H29N9O. The molecule has 10 nitrogen and oxygen atoms in total. The maximum atomic E-state index is 10.6. The Labute approximate surface area is 220 Å². The first-order valence-corrected chi connectivity index (χ1v) is 13.0. The smallest absolute Gasteiger partial charge is 0.162 e. The lowest BCUT2D eigenvalue weighted by Gasteiger charge is -2.31. The Morgan fingerprint density at radius 2 is 1.97 bits per heavy atom. The molecule has 38 heavy (non-hydrogen) atoms. The van der Waals surface area contributed by atoms with Gasteiger partial charge in [0.2, 0.25) is 0 Å². The Hall–Kier alpha value is -4.20. The number of aliphatic hydroxyl groups excluding tert-OH is 1. The standard InChI is InChI=1S/C28H29N9O/c1-16-19(12-29)5-6-24(33-16)36-25-11-18(7-10-32-25)27-35-22-14-31-13-20(17-3-2-4-17)26(22)28(37-27)34-21-8-9-30-15-23(21)38/h5-7,10-11,13-14,17,21,23,30,38H,2-4,8-9,15H2,1H3,(H,32,33,36)(H,34,35,37). The van der Waals surface area contributed by atoms with E-state index in [0.29, 0.717) is 41.2 Å². The predicted octanol–water partition coefficient (Wildman–Crippen LogP) is 3.81. The van der Waals surface area contributed by atoms with Crippen molar-refractivity contribution in [3.05, 3.63) is 59.7 Å². The summed E-state index contributed by atoms with van der Waals surface area (Å²) in [5.74, 6) is 2.93. The number of nitrogens with one attached hydrogen (secondary N) is 3. The van der Waals surface area contributed by atoms with Crippen LogP contribution in [-0.2, 0) is 0 Å². The molecule has 0 radical (unpaired) electrons. The van der Waals surface area contributed by atoms with Crippen LogP contribution in [-0.4, -0.2) is 55.3 Å². The number of aliphatic hydroxyl groups is 1. The number of rotatable bonds is 6. The van der Waals surface area contributed by atoms with Crippen LogP contribution >= 0.6 is 0 Å². The minimum atomic E-state index is -0.508. The Bertz CT molecular complexity index is 1530. The van der Waals surface area contributed by atoms with Gasteiger partial charge in [-0.2, -0.15) is 5.26 Å². The fourth-order valence-corrected chi connectivity index (χ4v) is 5.08. The zero-order valence-corrected chi connectivity index (χ0v) is 21.1. The van der Waals surface area contributed by atoms with Gasteiger partial charge in [0.25, 0.3) is 0 Å². The molecule has 1 aliphatic heterocycles. The number of fused-ring (bicyclic) bond motifs is 1. The summed E-state index contributed by atoms with van der Waals surface area (Å²) in [5, 5.41) is 30.8. The molecule has 1 saturated carbocycles. The lowest BCUT2D eigenvalue weighted by Crippen LogP contribution is -2.47. The fourth-order valence-electron chi connectivity index (χ4n) is 5.08. The number of aryl methyl sites for hydroxylation is 1. The Kier molecular flexibility index (Phi) is 6.54. The van der Waals surface area contributed by atoms with Crippen molar-refractivity contribution in [3.8, 4) is 17.5 Å². The van der Waals surface area contributed by atoms with Crippen molar-refractivity contribution >= 4 is 28.4 Å². The average Bonchev–Trinajstić information content (AvgIpc) is 2.89. The van der Waals surface area contributed by atoms with E-state index in [1.54, 1.807) is 31.5 Å². The number of β-amino-alcohol motifs (C(OH)–C–C–N with tert-alkyl or cyclic N) is 1. The number of aromatic nitrogens is 5. The van der Waals surface area contributed by atoms with E-state index in [2.05, 4.69) is 37.0 Å². The van der Waals surface area contributed by atoms with Crippen molar-refractivity contribution in [2.45, 2.75) is 50.7 Å². The number of anilines is 3. The van der Waals surface area contributed by atoms with Crippen LogP contribution in [0.1, 0.15) is 48.4 Å². The maximum Gasteiger partial charge on any atom is 0.162 e. The molecule has 4 N–H and O–H groups in total. The molecule has 4 aromatic rings. The molecule has 5 heterocycles. The van der Waals surface area contributed by atoms with Gasteiger partial charge in [-0.1, -0.05) is 6.42 Å². The molecular weight excluding hydrogens is 478 g/mol. The van der Waals surface area contributed by atoms with Crippen LogP contribution in [0.15, 0.2) is 42.9 Å². The molecule has 0 aromatic carbocycles. The number of pyridine rings is 3. The molecule has 0 amide bonds. The van der Waals surface area contributed by atoms with Gasteiger partial charge in [0.05, 0.1) is 35.1 Å². The van der Waals surface area contributed by atoms with Crippen molar-refractivity contribution < 1.29 is 5.11 Å². The number of nitriles is 1. The molecule has 0 bridgehead atoms. The van der Waals surface area contributed by atoms with Gasteiger partial charge in [0.15, 0.2) is 5.82 Å². The molecule has 10 heteroatoms. The lowest BCUT2D eigenvalue weighted by atomic mass is 9.79. The number of hydrogen-bond acceptors (Lipinski definition) is 10. The first-order valence-electron chi connectivity index (χ1n) is 13.0. The number of piperidine rings is 1. The third-order valence-electron chi connectivity index (χ3n) is 7.43. The van der Waals surface area contributed by atoms with Crippen molar-refractivity contribution in [2.24, 2.45) is 0 Å². The summed E-state index contributed by atoms with van der Waals surface area (Å²) in [7, 11) is 0. The van der Waals surface area contributed by atoms with Crippen LogP contribution in [0.5, 0.6) is 0 Å². The number of hydrogen-bond donors (Lipinski definition) is 4. The van der Waals surface area contributed by atoms with E-state index in [1.165, 1.54) is 12.0 Å². The number of nitrogens with zero attached hydrogens (tertiary/aromatic N) is 6. The quantitative estimate of drug-likeness (QED) is 0.304. The van der Waals surface area contributed by atoms with Crippen LogP contribution in [0.4, 0.5) is 17.5 Å². The van der Waals surface area contributed by atoms with Crippen molar-refractivity contribution in [1.29, 1.82) is 5.26 Å². The summed E-state index contributed by atoms with van der Waals surface area (Å²) in [6, 6.07) is 9.27. The van der Waals surface area contributed by atoms with E-state index in [1.807, 2.05) is 18.3 Å². The van der Waals surface area contributed by atoms with E-state index in [0.717, 1.165) is 48.1 Å². The topological polar surface area (TPSA) is 145 Å². The largest absolute Gasteiger partial charge is 0.390 e. The second kappa shape index (κ2) is 10.3. The third-order valence-corrected chi connectivity index (χ3v) is 7.43.